The zero-order chi connectivity index (χ0) is 59.0. The van der Waals surface area contributed by atoms with E-state index in [2.05, 4.69) is 20.8 Å². The summed E-state index contributed by atoms with van der Waals surface area (Å²) >= 11 is 0. The molecule has 80 heavy (non-hydrogen) atoms. The number of aryl methyl sites for hydroxylation is 2. The molecule has 3 atom stereocenters. The van der Waals surface area contributed by atoms with Crippen LogP contribution in [0.2, 0.25) is 0 Å². The minimum Gasteiger partial charge on any atom is -0.488 e. The predicted octanol–water partition coefficient (Wildman–Crippen LogP) is 9.65. The summed E-state index contributed by atoms with van der Waals surface area (Å²) in [6.07, 6.45) is 1.58. The second kappa shape index (κ2) is 28.8. The third-order valence-electron chi connectivity index (χ3n) is 10.9. The Morgan fingerprint density at radius 1 is 0.637 bits per heavy atom. The van der Waals surface area contributed by atoms with Crippen LogP contribution in [0.15, 0.2) is 107 Å². The van der Waals surface area contributed by atoms with Gasteiger partial charge in [-0.25, -0.2) is 21.5 Å². The van der Waals surface area contributed by atoms with Crippen molar-refractivity contribution >= 4 is 58.1 Å². The molecule has 2 amide bonds. The van der Waals surface area contributed by atoms with Gasteiger partial charge >= 0.3 is 7.60 Å². The number of hydrogen-bond donors (Lipinski definition) is 3. The normalized spacial score (nSPS) is 13.2. The molecule has 2 aromatic heterocycles. The third-order valence-corrected chi connectivity index (χ3v) is 16.7. The summed E-state index contributed by atoms with van der Waals surface area (Å²) in [4.78, 5) is 27.0. The van der Waals surface area contributed by atoms with E-state index in [1.807, 2.05) is 20.8 Å². The molecular formula is C53H71N6O17P2S2+. The summed E-state index contributed by atoms with van der Waals surface area (Å²) in [5, 5.41) is 13.0. The summed E-state index contributed by atoms with van der Waals surface area (Å²) in [7, 11) is -9.95. The quantitative estimate of drug-likeness (QED) is 0.0304. The number of aromatic nitrogens is 4. The second-order valence-electron chi connectivity index (χ2n) is 18.3. The minimum atomic E-state index is -3.50. The van der Waals surface area contributed by atoms with Gasteiger partial charge in [0.1, 0.15) is 58.8 Å². The van der Waals surface area contributed by atoms with E-state index < -0.39 is 46.5 Å². The molecule has 0 aliphatic rings. The topological polar surface area (TPSA) is 281 Å². The molecule has 4 aromatic carbocycles. The van der Waals surface area contributed by atoms with Crippen molar-refractivity contribution in [3.63, 3.8) is 0 Å². The van der Waals surface area contributed by atoms with E-state index in [1.54, 1.807) is 95.7 Å². The summed E-state index contributed by atoms with van der Waals surface area (Å²) < 4.78 is 126. The SMILES string of the molecule is CCOP(=O)(Cn1nc(C)cc1NC(=O)c1cc(Oc2ccc(S(C)(=O)=O)cc2)cc(O[C@@H](C)COC)c1)OCC.CCOP(C)(=O)C[n+]1[nH]c(NC(=O)c2cc(Oc3ccc(S(C)(=O)=O)cc3)cc(O[C@@H](C)COC)c2)cc1C. The lowest BCUT2D eigenvalue weighted by atomic mass is 10.2. The van der Waals surface area contributed by atoms with Crippen LogP contribution in [0.25, 0.3) is 0 Å². The number of aromatic amines is 1. The Balaban J connectivity index is 0.000000294. The maximum absolute atomic E-state index is 13.4. The lowest BCUT2D eigenvalue weighted by Crippen LogP contribution is -2.38. The van der Waals surface area contributed by atoms with Gasteiger partial charge in [0.2, 0.25) is 12.0 Å². The highest BCUT2D eigenvalue weighted by Crippen LogP contribution is 2.50. The largest absolute Gasteiger partial charge is 0.488 e. The van der Waals surface area contributed by atoms with Gasteiger partial charge in [-0.05, 0) is 114 Å². The zero-order valence-electron chi connectivity index (χ0n) is 46.8. The fourth-order valence-electron chi connectivity index (χ4n) is 7.59. The van der Waals surface area contributed by atoms with Crippen LogP contribution in [0.3, 0.4) is 0 Å². The molecule has 27 heteroatoms. The predicted molar refractivity (Wildman–Crippen MR) is 301 cm³/mol. The number of carbonyl (C=O) groups is 2. The smallest absolute Gasteiger partial charge is 0.352 e. The molecule has 0 aliphatic carbocycles. The van der Waals surface area contributed by atoms with Crippen molar-refractivity contribution in [2.24, 2.45) is 0 Å². The number of benzene rings is 4. The third kappa shape index (κ3) is 20.0. The van der Waals surface area contributed by atoms with Crippen molar-refractivity contribution in [3.8, 4) is 34.5 Å². The molecule has 2 heterocycles. The van der Waals surface area contributed by atoms with Crippen LogP contribution in [0, 0.1) is 13.8 Å². The number of amides is 2. The van der Waals surface area contributed by atoms with Crippen LogP contribution in [0.4, 0.5) is 11.6 Å². The van der Waals surface area contributed by atoms with E-state index in [-0.39, 0.29) is 64.7 Å². The molecule has 0 saturated heterocycles. The van der Waals surface area contributed by atoms with Crippen molar-refractivity contribution in [3.05, 3.63) is 120 Å². The Bertz CT molecular complexity index is 3380. The molecule has 1 unspecified atom stereocenters. The number of rotatable bonds is 28. The maximum atomic E-state index is 13.4. The number of anilines is 2. The molecule has 3 N–H and O–H groups in total. The van der Waals surface area contributed by atoms with Gasteiger partial charge in [0.05, 0.1) is 54.6 Å². The number of H-pyrrole nitrogens is 1. The lowest BCUT2D eigenvalue weighted by Gasteiger charge is -2.18. The summed E-state index contributed by atoms with van der Waals surface area (Å²) in [5.74, 6) is 1.85. The first kappa shape index (κ1) is 64.4. The second-order valence-corrected chi connectivity index (χ2v) is 26.9. The van der Waals surface area contributed by atoms with Gasteiger partial charge in [0.15, 0.2) is 25.5 Å². The average molecular weight is 1190 g/mol. The molecule has 436 valence electrons. The first-order valence-corrected chi connectivity index (χ1v) is 32.8. The molecule has 0 aliphatic heterocycles. The highest BCUT2D eigenvalue weighted by molar-refractivity contribution is 7.91. The Morgan fingerprint density at radius 3 is 1.50 bits per heavy atom. The van der Waals surface area contributed by atoms with Crippen LogP contribution < -0.4 is 34.3 Å². The van der Waals surface area contributed by atoms with Gasteiger partial charge in [-0.15, -0.1) is 9.78 Å². The standard InChI is InChI=1S/C27H36N3O9PS.C26H34N3O8PS/c1-7-36-40(32,37-8-2)18-30-26(13-19(3)29-30)28-27(31)21-14-23(38-20(4)17-35-5)16-24(15-21)39-22-9-11-25(12-10-22)41(6,33)34;1-7-35-38(5,31)17-29-18(2)12-25(28-29)27-26(30)20-13-22(36-19(3)16-34-4)15-23(14-20)37-21-8-10-24(11-9-21)39(6,32)33/h9-16,20H,7-8,17-18H2,1-6H3,(H,28,31);8-15,19H,7,16-17H2,1-6H3,(H,27,28,30)/p+1/t20-;19-,38?/m00/s1. The van der Waals surface area contributed by atoms with Crippen molar-refractivity contribution in [2.45, 2.75) is 83.0 Å². The molecule has 6 rings (SSSR count). The van der Waals surface area contributed by atoms with E-state index in [4.69, 9.17) is 42.0 Å². The van der Waals surface area contributed by atoms with Crippen molar-refractivity contribution in [2.75, 3.05) is 77.1 Å². The van der Waals surface area contributed by atoms with Crippen molar-refractivity contribution < 1.29 is 82.2 Å². The van der Waals surface area contributed by atoms with E-state index in [0.717, 1.165) is 18.2 Å². The summed E-state index contributed by atoms with van der Waals surface area (Å²) in [6.45, 7) is 15.4. The monoisotopic (exact) mass is 1190 g/mol. The first-order chi connectivity index (χ1) is 37.6. The molecule has 23 nitrogen and oxygen atoms in total. The minimum absolute atomic E-state index is 0.138. The van der Waals surface area contributed by atoms with Crippen molar-refractivity contribution in [1.29, 1.82) is 0 Å². The molecule has 0 spiro atoms. The molecule has 0 saturated carbocycles. The number of nitrogens with one attached hydrogen (secondary N) is 3. The van der Waals surface area contributed by atoms with E-state index in [9.17, 15) is 35.6 Å². The number of nitrogens with zero attached hydrogens (tertiary/aromatic N) is 3. The van der Waals surface area contributed by atoms with E-state index in [0.29, 0.717) is 65.9 Å². The molecule has 0 bridgehead atoms. The van der Waals surface area contributed by atoms with Crippen LogP contribution in [0.5, 0.6) is 34.5 Å². The van der Waals surface area contributed by atoms with E-state index in [1.165, 1.54) is 59.3 Å². The first-order valence-electron chi connectivity index (χ1n) is 25.1. The fourth-order valence-corrected chi connectivity index (χ4v) is 11.9. The Hall–Kier alpha value is -6.40. The number of sulfone groups is 2. The Morgan fingerprint density at radius 2 is 1.07 bits per heavy atom. The van der Waals surface area contributed by atoms with E-state index >= 15 is 0 Å². The average Bonchev–Trinajstić information content (AvgIpc) is 3.90. The maximum Gasteiger partial charge on any atom is 0.352 e. The van der Waals surface area contributed by atoms with Crippen LogP contribution in [0.1, 0.15) is 66.7 Å². The number of carbonyl (C=O) groups excluding carboxylic acids is 2. The Kier molecular flexibility index (Phi) is 23.2. The van der Waals surface area contributed by atoms with Crippen LogP contribution in [-0.2, 0) is 64.4 Å². The van der Waals surface area contributed by atoms with Crippen LogP contribution in [-0.4, -0.2) is 122 Å². The summed E-state index contributed by atoms with van der Waals surface area (Å²) in [6, 6.07) is 24.7. The van der Waals surface area contributed by atoms with Crippen molar-refractivity contribution in [1.82, 2.24) is 14.9 Å². The number of hydrogen-bond acceptors (Lipinski definition) is 18. The molecule has 0 radical (unpaired) electrons. The molecule has 0 fully saturated rings. The zero-order valence-corrected chi connectivity index (χ0v) is 50.3. The lowest BCUT2D eigenvalue weighted by molar-refractivity contribution is -0.738. The molecule has 6 aromatic rings. The number of ether oxygens (including phenoxy) is 6. The summed E-state index contributed by atoms with van der Waals surface area (Å²) in [5.41, 5.74) is 1.82. The van der Waals surface area contributed by atoms with Gasteiger partial charge in [0.25, 0.3) is 19.2 Å². The molecular weight excluding hydrogens is 1120 g/mol. The van der Waals surface area contributed by atoms with Gasteiger partial charge in [0, 0.05) is 69.6 Å². The van der Waals surface area contributed by atoms with Gasteiger partial charge < -0.3 is 52.6 Å². The Labute approximate surface area is 467 Å². The van der Waals surface area contributed by atoms with Gasteiger partial charge in [-0.2, -0.15) is 5.10 Å². The number of methoxy groups -OCH3 is 2. The van der Waals surface area contributed by atoms with Crippen LogP contribution >= 0.6 is 15.0 Å². The van der Waals surface area contributed by atoms with Gasteiger partial charge in [-0.1, -0.05) is 0 Å². The van der Waals surface area contributed by atoms with Gasteiger partial charge in [-0.3, -0.25) is 18.7 Å². The highest BCUT2D eigenvalue weighted by Gasteiger charge is 2.28. The fraction of sp³-hybridized carbons (Fsp3) is 0.396. The highest BCUT2D eigenvalue weighted by atomic mass is 32.2.